The number of hydrogen-bond acceptors (Lipinski definition) is 7. The Balaban J connectivity index is 1.36. The zero-order valence-corrected chi connectivity index (χ0v) is 15.4. The van der Waals surface area contributed by atoms with Gasteiger partial charge in [0.2, 0.25) is 11.9 Å². The summed E-state index contributed by atoms with van der Waals surface area (Å²) in [4.78, 5) is 22.2. The van der Waals surface area contributed by atoms with Crippen molar-refractivity contribution in [2.24, 2.45) is 0 Å². The van der Waals surface area contributed by atoms with Gasteiger partial charge in [-0.05, 0) is 24.6 Å². The normalized spacial score (nSPS) is 14.3. The monoisotopic (exact) mass is 361 g/mol. The Morgan fingerprint density at radius 3 is 2.15 bits per heavy atom. The first-order chi connectivity index (χ1) is 13.3. The standard InChI is InChI=1S/C20H23N7/c1-16-3-5-17(6-4-16)15-24-18-7-10-23-20(25-18)27-13-11-26(12-14-27)19-21-8-2-9-22-19/h2-10H,11-15H2,1H3,(H,23,24,25). The quantitative estimate of drug-likeness (QED) is 0.749. The fraction of sp³-hybridized carbons (Fsp3) is 0.300. The van der Waals surface area contributed by atoms with Gasteiger partial charge in [0, 0.05) is 51.3 Å². The molecule has 1 aromatic carbocycles. The minimum Gasteiger partial charge on any atom is -0.366 e. The van der Waals surface area contributed by atoms with E-state index in [-0.39, 0.29) is 0 Å². The number of benzene rings is 1. The summed E-state index contributed by atoms with van der Waals surface area (Å²) in [6, 6.07) is 12.3. The average molecular weight is 361 g/mol. The van der Waals surface area contributed by atoms with E-state index in [1.165, 1.54) is 11.1 Å². The highest BCUT2D eigenvalue weighted by Gasteiger charge is 2.20. The topological polar surface area (TPSA) is 70.1 Å². The number of hydrogen-bond donors (Lipinski definition) is 1. The van der Waals surface area contributed by atoms with Crippen molar-refractivity contribution in [3.8, 4) is 0 Å². The van der Waals surface area contributed by atoms with Crippen LogP contribution < -0.4 is 15.1 Å². The molecule has 1 fully saturated rings. The number of nitrogens with zero attached hydrogens (tertiary/aromatic N) is 6. The second-order valence-electron chi connectivity index (χ2n) is 6.60. The lowest BCUT2D eigenvalue weighted by Gasteiger charge is -2.34. The van der Waals surface area contributed by atoms with Crippen LogP contribution in [0.5, 0.6) is 0 Å². The van der Waals surface area contributed by atoms with Crippen molar-refractivity contribution in [2.75, 3.05) is 41.3 Å². The number of aromatic nitrogens is 4. The predicted molar refractivity (Wildman–Crippen MR) is 107 cm³/mol. The minimum absolute atomic E-state index is 0.746. The molecule has 1 saturated heterocycles. The van der Waals surface area contributed by atoms with E-state index >= 15 is 0 Å². The summed E-state index contributed by atoms with van der Waals surface area (Å²) < 4.78 is 0. The molecule has 1 aliphatic heterocycles. The van der Waals surface area contributed by atoms with Crippen molar-refractivity contribution in [3.63, 3.8) is 0 Å². The van der Waals surface area contributed by atoms with Crippen LogP contribution in [0.15, 0.2) is 55.0 Å². The molecule has 0 bridgehead atoms. The van der Waals surface area contributed by atoms with E-state index < -0.39 is 0 Å². The summed E-state index contributed by atoms with van der Waals surface area (Å²) in [5.41, 5.74) is 2.50. The van der Waals surface area contributed by atoms with Crippen molar-refractivity contribution < 1.29 is 0 Å². The molecule has 0 aliphatic carbocycles. The van der Waals surface area contributed by atoms with Gasteiger partial charge in [0.1, 0.15) is 5.82 Å². The van der Waals surface area contributed by atoms with Crippen molar-refractivity contribution in [3.05, 3.63) is 66.1 Å². The Morgan fingerprint density at radius 2 is 1.44 bits per heavy atom. The first kappa shape index (κ1) is 17.2. The minimum atomic E-state index is 0.746. The molecule has 0 saturated carbocycles. The molecule has 3 heterocycles. The summed E-state index contributed by atoms with van der Waals surface area (Å²) in [5.74, 6) is 2.39. The van der Waals surface area contributed by atoms with Crippen molar-refractivity contribution in [1.29, 1.82) is 0 Å². The maximum atomic E-state index is 4.68. The lowest BCUT2D eigenvalue weighted by atomic mass is 10.1. The maximum absolute atomic E-state index is 4.68. The molecule has 3 aromatic rings. The van der Waals surface area contributed by atoms with Gasteiger partial charge < -0.3 is 15.1 Å². The van der Waals surface area contributed by atoms with E-state index in [9.17, 15) is 0 Å². The molecule has 1 N–H and O–H groups in total. The number of anilines is 3. The van der Waals surface area contributed by atoms with Gasteiger partial charge in [0.05, 0.1) is 0 Å². The second kappa shape index (κ2) is 7.99. The van der Waals surface area contributed by atoms with E-state index in [4.69, 9.17) is 0 Å². The van der Waals surface area contributed by atoms with Crippen LogP contribution >= 0.6 is 0 Å². The average Bonchev–Trinajstić information content (AvgIpc) is 2.74. The smallest absolute Gasteiger partial charge is 0.227 e. The maximum Gasteiger partial charge on any atom is 0.227 e. The largest absolute Gasteiger partial charge is 0.366 e. The first-order valence-electron chi connectivity index (χ1n) is 9.17. The lowest BCUT2D eigenvalue weighted by molar-refractivity contribution is 0.628. The van der Waals surface area contributed by atoms with E-state index in [0.717, 1.165) is 50.4 Å². The molecule has 0 atom stereocenters. The number of nitrogens with one attached hydrogen (secondary N) is 1. The molecule has 0 spiro atoms. The Hall–Kier alpha value is -3.22. The molecule has 7 heteroatoms. The first-order valence-corrected chi connectivity index (χ1v) is 9.17. The lowest BCUT2D eigenvalue weighted by Crippen LogP contribution is -2.47. The molecule has 0 amide bonds. The molecular weight excluding hydrogens is 338 g/mol. The summed E-state index contributed by atoms with van der Waals surface area (Å²) >= 11 is 0. The molecular formula is C20H23N7. The van der Waals surface area contributed by atoms with Crippen LogP contribution in [0.25, 0.3) is 0 Å². The number of rotatable bonds is 5. The Bertz CT molecular complexity index is 859. The van der Waals surface area contributed by atoms with Crippen LogP contribution in [0.4, 0.5) is 17.7 Å². The van der Waals surface area contributed by atoms with Crippen molar-refractivity contribution >= 4 is 17.7 Å². The fourth-order valence-corrected chi connectivity index (χ4v) is 3.06. The van der Waals surface area contributed by atoms with Gasteiger partial charge in [-0.15, -0.1) is 0 Å². The fourth-order valence-electron chi connectivity index (χ4n) is 3.06. The van der Waals surface area contributed by atoms with E-state index in [0.29, 0.717) is 0 Å². The van der Waals surface area contributed by atoms with Crippen LogP contribution in [0, 0.1) is 6.92 Å². The van der Waals surface area contributed by atoms with E-state index in [1.54, 1.807) is 12.4 Å². The molecule has 0 unspecified atom stereocenters. The third-order valence-electron chi connectivity index (χ3n) is 4.63. The van der Waals surface area contributed by atoms with E-state index in [1.807, 2.05) is 18.3 Å². The van der Waals surface area contributed by atoms with Crippen molar-refractivity contribution in [1.82, 2.24) is 19.9 Å². The highest BCUT2D eigenvalue weighted by molar-refractivity contribution is 5.43. The zero-order chi connectivity index (χ0) is 18.5. The van der Waals surface area contributed by atoms with Crippen LogP contribution in [0.3, 0.4) is 0 Å². The molecule has 27 heavy (non-hydrogen) atoms. The van der Waals surface area contributed by atoms with Gasteiger partial charge >= 0.3 is 0 Å². The highest BCUT2D eigenvalue weighted by atomic mass is 15.4. The van der Waals surface area contributed by atoms with Gasteiger partial charge in [-0.1, -0.05) is 29.8 Å². The van der Waals surface area contributed by atoms with Crippen LogP contribution in [0.1, 0.15) is 11.1 Å². The summed E-state index contributed by atoms with van der Waals surface area (Å²) in [6.45, 7) is 6.25. The summed E-state index contributed by atoms with van der Waals surface area (Å²) in [5, 5.41) is 3.39. The van der Waals surface area contributed by atoms with Crippen LogP contribution in [-0.4, -0.2) is 46.1 Å². The Labute approximate surface area is 159 Å². The Morgan fingerprint density at radius 1 is 0.815 bits per heavy atom. The highest BCUT2D eigenvalue weighted by Crippen LogP contribution is 2.16. The molecule has 4 rings (SSSR count). The Kier molecular flexibility index (Phi) is 5.09. The summed E-state index contributed by atoms with van der Waals surface area (Å²) in [7, 11) is 0. The predicted octanol–water partition coefficient (Wildman–Crippen LogP) is 2.51. The summed E-state index contributed by atoms with van der Waals surface area (Å²) in [6.07, 6.45) is 5.37. The molecule has 138 valence electrons. The molecule has 1 aliphatic rings. The van der Waals surface area contributed by atoms with Gasteiger partial charge in [0.25, 0.3) is 0 Å². The second-order valence-corrected chi connectivity index (χ2v) is 6.60. The third-order valence-corrected chi connectivity index (χ3v) is 4.63. The molecule has 0 radical (unpaired) electrons. The van der Waals surface area contributed by atoms with Crippen LogP contribution in [-0.2, 0) is 6.54 Å². The SMILES string of the molecule is Cc1ccc(CNc2ccnc(N3CCN(c4ncccn4)CC3)n2)cc1. The molecule has 2 aromatic heterocycles. The molecule has 7 nitrogen and oxygen atoms in total. The third kappa shape index (κ3) is 4.31. The van der Waals surface area contributed by atoms with Gasteiger partial charge in [-0.3, -0.25) is 0 Å². The zero-order valence-electron chi connectivity index (χ0n) is 15.4. The van der Waals surface area contributed by atoms with Gasteiger partial charge in [-0.2, -0.15) is 4.98 Å². The van der Waals surface area contributed by atoms with Crippen LogP contribution in [0.2, 0.25) is 0 Å². The van der Waals surface area contributed by atoms with Gasteiger partial charge in [-0.25, -0.2) is 15.0 Å². The number of piperazine rings is 1. The van der Waals surface area contributed by atoms with E-state index in [2.05, 4.69) is 66.2 Å². The van der Waals surface area contributed by atoms with Gasteiger partial charge in [0.15, 0.2) is 0 Å². The van der Waals surface area contributed by atoms with Crippen molar-refractivity contribution in [2.45, 2.75) is 13.5 Å². The number of aryl methyl sites for hydroxylation is 1.